The first-order chi connectivity index (χ1) is 14.5. The van der Waals surface area contributed by atoms with Gasteiger partial charge < -0.3 is 24.2 Å². The van der Waals surface area contributed by atoms with Crippen LogP contribution in [0.4, 0.5) is 8.78 Å². The highest BCUT2D eigenvalue weighted by Crippen LogP contribution is 2.40. The predicted molar refractivity (Wildman–Crippen MR) is 101 cm³/mol. The SMILES string of the molecule is O=C(c1ccc(F)c(F)c1)N1C[C@H]2C[C@@H](Oc3ccc4c(c3)OCO4)[C@H](O)C[C@H]2C1. The number of aliphatic hydroxyl groups is 1. The van der Waals surface area contributed by atoms with E-state index in [1.54, 1.807) is 23.1 Å². The van der Waals surface area contributed by atoms with Crippen molar-refractivity contribution in [2.45, 2.75) is 25.0 Å². The van der Waals surface area contributed by atoms with Gasteiger partial charge in [-0.05, 0) is 55.0 Å². The Balaban J connectivity index is 1.26. The van der Waals surface area contributed by atoms with Gasteiger partial charge in [0.1, 0.15) is 11.9 Å². The monoisotopic (exact) mass is 417 g/mol. The molecular formula is C22H21F2NO5. The van der Waals surface area contributed by atoms with E-state index in [9.17, 15) is 18.7 Å². The zero-order valence-corrected chi connectivity index (χ0v) is 16.1. The van der Waals surface area contributed by atoms with Crippen molar-refractivity contribution in [2.75, 3.05) is 19.9 Å². The molecule has 0 unspecified atom stereocenters. The van der Waals surface area contributed by atoms with Crippen LogP contribution < -0.4 is 14.2 Å². The topological polar surface area (TPSA) is 68.2 Å². The average molecular weight is 417 g/mol. The van der Waals surface area contributed by atoms with E-state index in [0.717, 1.165) is 12.1 Å². The lowest BCUT2D eigenvalue weighted by atomic mass is 9.78. The number of halogens is 2. The summed E-state index contributed by atoms with van der Waals surface area (Å²) >= 11 is 0. The molecule has 1 amide bonds. The summed E-state index contributed by atoms with van der Waals surface area (Å²) in [6, 6.07) is 8.48. The van der Waals surface area contributed by atoms with Crippen LogP contribution >= 0.6 is 0 Å². The van der Waals surface area contributed by atoms with Crippen molar-refractivity contribution in [3.63, 3.8) is 0 Å². The number of aliphatic hydroxyl groups excluding tert-OH is 1. The van der Waals surface area contributed by atoms with Gasteiger partial charge >= 0.3 is 0 Å². The van der Waals surface area contributed by atoms with E-state index in [1.807, 2.05) is 0 Å². The summed E-state index contributed by atoms with van der Waals surface area (Å²) in [6.45, 7) is 1.16. The second kappa shape index (κ2) is 7.43. The summed E-state index contributed by atoms with van der Waals surface area (Å²) in [5, 5.41) is 10.6. The number of amides is 1. The van der Waals surface area contributed by atoms with Crippen molar-refractivity contribution >= 4 is 5.91 Å². The standard InChI is InChI=1S/C22H21F2NO5/c23-16-3-1-12(5-17(16)24)22(27)25-9-13-6-18(26)20(7-14(13)10-25)30-15-2-4-19-21(8-15)29-11-28-19/h1-5,8,13-14,18,20,26H,6-7,9-11H2/t13-,14+,18+,20+/m0/s1. The number of nitrogens with zero attached hydrogens (tertiary/aromatic N) is 1. The predicted octanol–water partition coefficient (Wildman–Crippen LogP) is 2.98. The first-order valence-electron chi connectivity index (χ1n) is 9.96. The van der Waals surface area contributed by atoms with E-state index in [-0.39, 0.29) is 30.1 Å². The Kier molecular flexibility index (Phi) is 4.73. The molecule has 0 radical (unpaired) electrons. The quantitative estimate of drug-likeness (QED) is 0.832. The number of rotatable bonds is 3. The van der Waals surface area contributed by atoms with Crippen molar-refractivity contribution in [3.05, 3.63) is 53.6 Å². The molecule has 1 aliphatic carbocycles. The summed E-state index contributed by atoms with van der Waals surface area (Å²) in [6.07, 6.45) is 0.0587. The van der Waals surface area contributed by atoms with Gasteiger partial charge in [-0.2, -0.15) is 0 Å². The van der Waals surface area contributed by atoms with Crippen molar-refractivity contribution in [3.8, 4) is 17.2 Å². The third-order valence-electron chi connectivity index (χ3n) is 6.17. The number of ether oxygens (including phenoxy) is 3. The highest BCUT2D eigenvalue weighted by atomic mass is 19.2. The van der Waals surface area contributed by atoms with E-state index >= 15 is 0 Å². The molecule has 8 heteroatoms. The third kappa shape index (κ3) is 3.45. The van der Waals surface area contributed by atoms with E-state index in [1.165, 1.54) is 6.07 Å². The molecule has 6 nitrogen and oxygen atoms in total. The number of hydrogen-bond donors (Lipinski definition) is 1. The lowest BCUT2D eigenvalue weighted by Crippen LogP contribution is -2.42. The van der Waals surface area contributed by atoms with Crippen molar-refractivity contribution < 1.29 is 32.9 Å². The zero-order valence-electron chi connectivity index (χ0n) is 16.1. The minimum absolute atomic E-state index is 0.126. The van der Waals surface area contributed by atoms with Crippen LogP contribution in [0.5, 0.6) is 17.2 Å². The van der Waals surface area contributed by atoms with Gasteiger partial charge in [0.05, 0.1) is 6.10 Å². The molecule has 5 rings (SSSR count). The Hall–Kier alpha value is -2.87. The summed E-state index contributed by atoms with van der Waals surface area (Å²) in [5.74, 6) is -0.167. The van der Waals surface area contributed by atoms with Crippen LogP contribution in [-0.4, -0.2) is 48.0 Å². The molecule has 158 valence electrons. The molecular weight excluding hydrogens is 396 g/mol. The minimum atomic E-state index is -1.04. The Labute approximate surface area is 172 Å². The second-order valence-corrected chi connectivity index (χ2v) is 8.07. The minimum Gasteiger partial charge on any atom is -0.488 e. The molecule has 0 aromatic heterocycles. The number of carbonyl (C=O) groups excluding carboxylic acids is 1. The molecule has 1 N–H and O–H groups in total. The molecule has 2 aromatic rings. The van der Waals surface area contributed by atoms with Gasteiger partial charge in [0.25, 0.3) is 5.91 Å². The Bertz CT molecular complexity index is 984. The first-order valence-corrected chi connectivity index (χ1v) is 9.96. The van der Waals surface area contributed by atoms with Crippen LogP contribution in [0.25, 0.3) is 0 Å². The van der Waals surface area contributed by atoms with Crippen molar-refractivity contribution in [1.29, 1.82) is 0 Å². The fourth-order valence-electron chi connectivity index (χ4n) is 4.62. The molecule has 1 saturated heterocycles. The zero-order chi connectivity index (χ0) is 20.8. The molecule has 2 aromatic carbocycles. The highest BCUT2D eigenvalue weighted by Gasteiger charge is 2.44. The molecule has 3 aliphatic rings. The Morgan fingerprint density at radius 3 is 2.57 bits per heavy atom. The average Bonchev–Trinajstić information content (AvgIpc) is 3.36. The maximum Gasteiger partial charge on any atom is 0.253 e. The van der Waals surface area contributed by atoms with Crippen LogP contribution in [0, 0.1) is 23.5 Å². The molecule has 1 saturated carbocycles. The second-order valence-electron chi connectivity index (χ2n) is 8.07. The van der Waals surface area contributed by atoms with Gasteiger partial charge in [-0.1, -0.05) is 0 Å². The van der Waals surface area contributed by atoms with Gasteiger partial charge in [-0.25, -0.2) is 8.78 Å². The molecule has 4 atom stereocenters. The van der Waals surface area contributed by atoms with Crippen LogP contribution in [0.2, 0.25) is 0 Å². The number of carbonyl (C=O) groups is 1. The van der Waals surface area contributed by atoms with Gasteiger partial charge in [0, 0.05) is 24.7 Å². The maximum absolute atomic E-state index is 13.5. The van der Waals surface area contributed by atoms with E-state index in [2.05, 4.69) is 0 Å². The van der Waals surface area contributed by atoms with Crippen molar-refractivity contribution in [1.82, 2.24) is 4.90 Å². The molecule has 2 heterocycles. The summed E-state index contributed by atoms with van der Waals surface area (Å²) in [7, 11) is 0. The molecule has 0 spiro atoms. The molecule has 2 aliphatic heterocycles. The van der Waals surface area contributed by atoms with Crippen LogP contribution in [0.1, 0.15) is 23.2 Å². The van der Waals surface area contributed by atoms with E-state index in [4.69, 9.17) is 14.2 Å². The summed E-state index contributed by atoms with van der Waals surface area (Å²) < 4.78 is 43.4. The fourth-order valence-corrected chi connectivity index (χ4v) is 4.62. The molecule has 30 heavy (non-hydrogen) atoms. The van der Waals surface area contributed by atoms with Gasteiger partial charge in [-0.15, -0.1) is 0 Å². The van der Waals surface area contributed by atoms with Crippen molar-refractivity contribution in [2.24, 2.45) is 11.8 Å². The third-order valence-corrected chi connectivity index (χ3v) is 6.17. The largest absolute Gasteiger partial charge is 0.488 e. The number of likely N-dealkylation sites (tertiary alicyclic amines) is 1. The normalized spacial score (nSPS) is 27.1. The lowest BCUT2D eigenvalue weighted by Gasteiger charge is -2.35. The number of benzene rings is 2. The maximum atomic E-state index is 13.5. The fraction of sp³-hybridized carbons (Fsp3) is 0.409. The lowest BCUT2D eigenvalue weighted by molar-refractivity contribution is -0.0232. The van der Waals surface area contributed by atoms with Crippen LogP contribution in [-0.2, 0) is 0 Å². The first kappa shape index (κ1) is 19.1. The number of fused-ring (bicyclic) bond motifs is 2. The molecule has 0 bridgehead atoms. The van der Waals surface area contributed by atoms with Gasteiger partial charge in [-0.3, -0.25) is 4.79 Å². The summed E-state index contributed by atoms with van der Waals surface area (Å²) in [5.41, 5.74) is 0.126. The molecule has 2 fully saturated rings. The highest BCUT2D eigenvalue weighted by molar-refractivity contribution is 5.94. The number of hydrogen-bond acceptors (Lipinski definition) is 5. The van der Waals surface area contributed by atoms with Crippen LogP contribution in [0.3, 0.4) is 0 Å². The Morgan fingerprint density at radius 1 is 1.00 bits per heavy atom. The summed E-state index contributed by atoms with van der Waals surface area (Å²) in [4.78, 5) is 14.4. The smallest absolute Gasteiger partial charge is 0.253 e. The van der Waals surface area contributed by atoms with E-state index < -0.39 is 23.8 Å². The van der Waals surface area contributed by atoms with Gasteiger partial charge in [0.15, 0.2) is 23.1 Å². The van der Waals surface area contributed by atoms with Gasteiger partial charge in [0.2, 0.25) is 6.79 Å². The Morgan fingerprint density at radius 2 is 1.77 bits per heavy atom. The van der Waals surface area contributed by atoms with Crippen LogP contribution in [0.15, 0.2) is 36.4 Å². The van der Waals surface area contributed by atoms with E-state index in [0.29, 0.717) is 43.2 Å².